The molecule has 0 bridgehead atoms. The van der Waals surface area contributed by atoms with Crippen LogP contribution in [0.3, 0.4) is 0 Å². The number of hydrogen-bond donors (Lipinski definition) is 1. The highest BCUT2D eigenvalue weighted by Gasteiger charge is 2.23. The van der Waals surface area contributed by atoms with Gasteiger partial charge in [0, 0.05) is 11.9 Å². The minimum absolute atomic E-state index is 0.764. The zero-order chi connectivity index (χ0) is 16.4. The molecule has 4 nitrogen and oxygen atoms in total. The Morgan fingerprint density at radius 3 is 3.00 bits per heavy atom. The van der Waals surface area contributed by atoms with Gasteiger partial charge in [-0.05, 0) is 62.4 Å². The molecule has 1 fully saturated rings. The molecule has 0 unspecified atom stereocenters. The first-order valence-corrected chi connectivity index (χ1v) is 9.35. The largest absolute Gasteiger partial charge is 0.488 e. The molecule has 0 amide bonds. The predicted octanol–water partition coefficient (Wildman–Crippen LogP) is 3.39. The van der Waals surface area contributed by atoms with Crippen LogP contribution >= 0.6 is 0 Å². The highest BCUT2D eigenvalue weighted by atomic mass is 16.5. The fraction of sp³-hybridized carbons (Fsp3) is 0.550. The highest BCUT2D eigenvalue weighted by molar-refractivity contribution is 5.95. The summed E-state index contributed by atoms with van der Waals surface area (Å²) >= 11 is 0. The zero-order valence-electron chi connectivity index (χ0n) is 14.6. The molecule has 128 valence electrons. The fourth-order valence-electron chi connectivity index (χ4n) is 3.97. The van der Waals surface area contributed by atoms with Crippen LogP contribution in [0.15, 0.2) is 24.4 Å². The summed E-state index contributed by atoms with van der Waals surface area (Å²) in [5.74, 6) is 1.81. The second kappa shape index (κ2) is 6.98. The van der Waals surface area contributed by atoms with E-state index in [9.17, 15) is 0 Å². The molecule has 0 atom stereocenters. The van der Waals surface area contributed by atoms with Gasteiger partial charge >= 0.3 is 0 Å². The van der Waals surface area contributed by atoms with Crippen molar-refractivity contribution in [2.75, 3.05) is 37.7 Å². The van der Waals surface area contributed by atoms with Gasteiger partial charge < -0.3 is 15.0 Å². The van der Waals surface area contributed by atoms with Crippen molar-refractivity contribution in [3.05, 3.63) is 30.0 Å². The number of piperidine rings is 1. The van der Waals surface area contributed by atoms with Crippen LogP contribution in [0.1, 0.15) is 31.7 Å². The van der Waals surface area contributed by atoms with Gasteiger partial charge in [0.05, 0.1) is 23.9 Å². The van der Waals surface area contributed by atoms with Gasteiger partial charge in [-0.2, -0.15) is 0 Å². The first-order chi connectivity index (χ1) is 11.8. The van der Waals surface area contributed by atoms with E-state index in [4.69, 9.17) is 4.74 Å². The van der Waals surface area contributed by atoms with Crippen molar-refractivity contribution in [3.8, 4) is 5.75 Å². The summed E-state index contributed by atoms with van der Waals surface area (Å²) < 4.78 is 5.91. The van der Waals surface area contributed by atoms with E-state index < -0.39 is 0 Å². The number of nitrogens with one attached hydrogen (secondary N) is 1. The van der Waals surface area contributed by atoms with Crippen LogP contribution in [0.4, 0.5) is 5.69 Å². The molecule has 2 aromatic rings. The van der Waals surface area contributed by atoms with Crippen molar-refractivity contribution in [2.24, 2.45) is 5.92 Å². The Balaban J connectivity index is 1.63. The Morgan fingerprint density at radius 1 is 1.29 bits per heavy atom. The fourth-order valence-corrected chi connectivity index (χ4v) is 3.97. The molecule has 3 heterocycles. The molecule has 4 heteroatoms. The Kier molecular flexibility index (Phi) is 4.56. The number of fused-ring (bicyclic) bond motifs is 3. The normalized spacial score (nSPS) is 18.5. The Hall–Kier alpha value is -1.81. The number of rotatable bonds is 4. The van der Waals surface area contributed by atoms with E-state index in [0.29, 0.717) is 0 Å². The Bertz CT molecular complexity index is 704. The third kappa shape index (κ3) is 3.07. The second-order valence-corrected chi connectivity index (χ2v) is 6.99. The lowest BCUT2D eigenvalue weighted by atomic mass is 9.94. The summed E-state index contributed by atoms with van der Waals surface area (Å²) in [7, 11) is 0. The molecule has 2 aliphatic rings. The molecule has 24 heavy (non-hydrogen) atoms. The van der Waals surface area contributed by atoms with Crippen LogP contribution in [0, 0.1) is 5.92 Å². The van der Waals surface area contributed by atoms with Gasteiger partial charge in [-0.25, -0.2) is 0 Å². The van der Waals surface area contributed by atoms with Crippen LogP contribution in [0.2, 0.25) is 0 Å². The number of aryl methyl sites for hydroxylation is 1. The van der Waals surface area contributed by atoms with Crippen molar-refractivity contribution in [3.63, 3.8) is 0 Å². The van der Waals surface area contributed by atoms with Crippen molar-refractivity contribution in [1.29, 1.82) is 0 Å². The van der Waals surface area contributed by atoms with Gasteiger partial charge in [-0.15, -0.1) is 0 Å². The third-order valence-corrected chi connectivity index (χ3v) is 5.48. The van der Waals surface area contributed by atoms with Crippen molar-refractivity contribution in [1.82, 2.24) is 10.3 Å². The van der Waals surface area contributed by atoms with Crippen LogP contribution in [0.25, 0.3) is 10.9 Å². The number of nitrogens with zero attached hydrogens (tertiary/aromatic N) is 2. The molecule has 2 aliphatic heterocycles. The summed E-state index contributed by atoms with van der Waals surface area (Å²) in [5.41, 5.74) is 3.69. The van der Waals surface area contributed by atoms with Gasteiger partial charge in [0.15, 0.2) is 5.75 Å². The molecule has 0 radical (unpaired) electrons. The summed E-state index contributed by atoms with van der Waals surface area (Å²) in [6, 6.07) is 6.63. The summed E-state index contributed by atoms with van der Waals surface area (Å²) in [5, 5.41) is 4.71. The Labute approximate surface area is 144 Å². The van der Waals surface area contributed by atoms with Gasteiger partial charge in [-0.1, -0.05) is 13.0 Å². The first kappa shape index (κ1) is 15.7. The lowest BCUT2D eigenvalue weighted by molar-refractivity contribution is 0.300. The molecular weight excluding hydrogens is 298 g/mol. The van der Waals surface area contributed by atoms with E-state index in [-0.39, 0.29) is 0 Å². The monoisotopic (exact) mass is 325 g/mol. The van der Waals surface area contributed by atoms with Crippen LogP contribution in [-0.4, -0.2) is 37.8 Å². The van der Waals surface area contributed by atoms with Crippen molar-refractivity contribution >= 4 is 16.6 Å². The number of hydrogen-bond acceptors (Lipinski definition) is 4. The molecule has 0 aliphatic carbocycles. The lowest BCUT2D eigenvalue weighted by Gasteiger charge is -2.34. The SMILES string of the molecule is CCc1ccc2ncc3c(c2c1)N(CCC1CCNCC1)CCO3. The molecule has 4 rings (SSSR count). The quantitative estimate of drug-likeness (QED) is 0.935. The minimum Gasteiger partial charge on any atom is -0.488 e. The van der Waals surface area contributed by atoms with Crippen molar-refractivity contribution in [2.45, 2.75) is 32.6 Å². The van der Waals surface area contributed by atoms with Gasteiger partial charge in [0.2, 0.25) is 0 Å². The smallest absolute Gasteiger partial charge is 0.161 e. The van der Waals surface area contributed by atoms with E-state index in [1.165, 1.54) is 49.0 Å². The van der Waals surface area contributed by atoms with E-state index >= 15 is 0 Å². The van der Waals surface area contributed by atoms with Crippen LogP contribution in [0.5, 0.6) is 5.75 Å². The topological polar surface area (TPSA) is 37.4 Å². The molecule has 1 aromatic carbocycles. The van der Waals surface area contributed by atoms with Gasteiger partial charge in [-0.3, -0.25) is 4.98 Å². The van der Waals surface area contributed by atoms with Gasteiger partial charge in [0.1, 0.15) is 6.61 Å². The lowest BCUT2D eigenvalue weighted by Crippen LogP contribution is -2.36. The third-order valence-electron chi connectivity index (χ3n) is 5.48. The van der Waals surface area contributed by atoms with E-state index in [2.05, 4.69) is 40.3 Å². The molecule has 0 spiro atoms. The summed E-state index contributed by atoms with van der Waals surface area (Å²) in [6.07, 6.45) is 6.86. The first-order valence-electron chi connectivity index (χ1n) is 9.35. The van der Waals surface area contributed by atoms with E-state index in [1.807, 2.05) is 6.20 Å². The maximum atomic E-state index is 5.91. The minimum atomic E-state index is 0.764. The average molecular weight is 325 g/mol. The maximum Gasteiger partial charge on any atom is 0.161 e. The molecule has 1 N–H and O–H groups in total. The number of pyridine rings is 1. The molecular formula is C20H27N3O. The second-order valence-electron chi connectivity index (χ2n) is 6.99. The molecule has 1 saturated heterocycles. The standard InChI is InChI=1S/C20H27N3O/c1-2-15-3-4-18-17(13-15)20-19(14-22-18)24-12-11-23(20)10-7-16-5-8-21-9-6-16/h3-4,13-14,16,21H,2,5-12H2,1H3. The summed E-state index contributed by atoms with van der Waals surface area (Å²) in [6.45, 7) is 7.42. The van der Waals surface area contributed by atoms with Crippen molar-refractivity contribution < 1.29 is 4.74 Å². The number of benzene rings is 1. The summed E-state index contributed by atoms with van der Waals surface area (Å²) in [4.78, 5) is 7.13. The maximum absolute atomic E-state index is 5.91. The van der Waals surface area contributed by atoms with Gasteiger partial charge in [0.25, 0.3) is 0 Å². The van der Waals surface area contributed by atoms with E-state index in [1.54, 1.807) is 0 Å². The highest BCUT2D eigenvalue weighted by Crippen LogP contribution is 2.38. The van der Waals surface area contributed by atoms with Crippen LogP contribution < -0.4 is 15.0 Å². The molecule has 1 aromatic heterocycles. The predicted molar refractivity (Wildman–Crippen MR) is 99.0 cm³/mol. The molecule has 0 saturated carbocycles. The number of aromatic nitrogens is 1. The van der Waals surface area contributed by atoms with E-state index in [0.717, 1.165) is 43.3 Å². The van der Waals surface area contributed by atoms with Crippen LogP contribution in [-0.2, 0) is 6.42 Å². The Morgan fingerprint density at radius 2 is 2.17 bits per heavy atom. The number of anilines is 1. The average Bonchev–Trinajstić information content (AvgIpc) is 2.66. The number of ether oxygens (including phenoxy) is 1. The zero-order valence-corrected chi connectivity index (χ0v) is 14.6.